The van der Waals surface area contributed by atoms with Gasteiger partial charge in [-0.2, -0.15) is 0 Å². The molecule has 1 N–H and O–H groups in total. The number of carbonyl (C=O) groups excluding carboxylic acids is 2. The van der Waals surface area contributed by atoms with Crippen LogP contribution >= 0.6 is 0 Å². The Bertz CT molecular complexity index is 635. The number of hydrogen-bond donors (Lipinski definition) is 1. The fourth-order valence-electron chi connectivity index (χ4n) is 4.13. The summed E-state index contributed by atoms with van der Waals surface area (Å²) in [5.74, 6) is 0.895. The molecule has 27 heavy (non-hydrogen) atoms. The van der Waals surface area contributed by atoms with E-state index in [-0.39, 0.29) is 11.8 Å². The van der Waals surface area contributed by atoms with Crippen LogP contribution in [0.1, 0.15) is 43.7 Å². The van der Waals surface area contributed by atoms with Crippen LogP contribution in [0.15, 0.2) is 24.3 Å². The molecule has 2 amide bonds. The van der Waals surface area contributed by atoms with Gasteiger partial charge in [-0.25, -0.2) is 0 Å². The lowest BCUT2D eigenvalue weighted by atomic mass is 9.86. The molecule has 148 valence electrons. The van der Waals surface area contributed by atoms with Crippen molar-refractivity contribution in [3.8, 4) is 0 Å². The van der Waals surface area contributed by atoms with Gasteiger partial charge in [0.2, 0.25) is 11.8 Å². The quantitative estimate of drug-likeness (QED) is 0.865. The second kappa shape index (κ2) is 9.36. The molecule has 5 nitrogen and oxygen atoms in total. The molecule has 1 saturated carbocycles. The van der Waals surface area contributed by atoms with Gasteiger partial charge in [-0.05, 0) is 31.2 Å². The average Bonchev–Trinajstić information content (AvgIpc) is 2.66. The molecule has 0 spiro atoms. The maximum absolute atomic E-state index is 12.5. The first-order valence-corrected chi connectivity index (χ1v) is 10.4. The summed E-state index contributed by atoms with van der Waals surface area (Å²) in [6.07, 6.45) is 5.28. The predicted octanol–water partition coefficient (Wildman–Crippen LogP) is 2.38. The molecule has 0 radical (unpaired) electrons. The molecule has 5 heteroatoms. The van der Waals surface area contributed by atoms with Crippen molar-refractivity contribution in [2.75, 3.05) is 32.7 Å². The maximum Gasteiger partial charge on any atom is 0.234 e. The lowest BCUT2D eigenvalue weighted by Crippen LogP contribution is -2.52. The number of benzene rings is 1. The summed E-state index contributed by atoms with van der Waals surface area (Å²) in [4.78, 5) is 29.0. The summed E-state index contributed by atoms with van der Waals surface area (Å²) in [7, 11) is 0. The molecule has 1 aliphatic heterocycles. The van der Waals surface area contributed by atoms with Crippen LogP contribution in [0, 0.1) is 12.8 Å². The SMILES string of the molecule is Cc1ccc(CC(=O)N2CCN(CC(=O)NC3CCCCC3C)CC2)cc1. The van der Waals surface area contributed by atoms with Crippen molar-refractivity contribution in [2.45, 2.75) is 52.0 Å². The van der Waals surface area contributed by atoms with Crippen molar-refractivity contribution < 1.29 is 9.59 Å². The third-order valence-electron chi connectivity index (χ3n) is 6.03. The Kier molecular flexibility index (Phi) is 6.89. The Morgan fingerprint density at radius 1 is 1.04 bits per heavy atom. The van der Waals surface area contributed by atoms with E-state index in [1.165, 1.54) is 24.8 Å². The van der Waals surface area contributed by atoms with Gasteiger partial charge in [0.15, 0.2) is 0 Å². The lowest BCUT2D eigenvalue weighted by molar-refractivity contribution is -0.132. The molecule has 3 rings (SSSR count). The van der Waals surface area contributed by atoms with E-state index in [1.54, 1.807) is 0 Å². The first-order chi connectivity index (χ1) is 13.0. The summed E-state index contributed by atoms with van der Waals surface area (Å²) in [6.45, 7) is 7.69. The summed E-state index contributed by atoms with van der Waals surface area (Å²) >= 11 is 0. The Labute approximate surface area is 163 Å². The van der Waals surface area contributed by atoms with Crippen molar-refractivity contribution >= 4 is 11.8 Å². The lowest BCUT2D eigenvalue weighted by Gasteiger charge is -2.35. The fraction of sp³-hybridized carbons (Fsp3) is 0.636. The van der Waals surface area contributed by atoms with Gasteiger partial charge in [0, 0.05) is 32.2 Å². The minimum Gasteiger partial charge on any atom is -0.352 e. The second-order valence-electron chi connectivity index (χ2n) is 8.26. The Morgan fingerprint density at radius 2 is 1.70 bits per heavy atom. The van der Waals surface area contributed by atoms with E-state index in [0.29, 0.717) is 38.0 Å². The van der Waals surface area contributed by atoms with Crippen molar-refractivity contribution in [1.82, 2.24) is 15.1 Å². The van der Waals surface area contributed by atoms with E-state index in [0.717, 1.165) is 25.1 Å². The molecule has 1 aliphatic carbocycles. The minimum atomic E-state index is 0.133. The van der Waals surface area contributed by atoms with Gasteiger partial charge in [0.05, 0.1) is 13.0 Å². The Balaban J connectivity index is 1.39. The first-order valence-electron chi connectivity index (χ1n) is 10.4. The molecule has 1 aromatic carbocycles. The van der Waals surface area contributed by atoms with E-state index in [2.05, 4.69) is 24.1 Å². The molecule has 2 aliphatic rings. The van der Waals surface area contributed by atoms with Gasteiger partial charge in [-0.15, -0.1) is 0 Å². The Morgan fingerprint density at radius 3 is 2.37 bits per heavy atom. The van der Waals surface area contributed by atoms with Crippen molar-refractivity contribution in [2.24, 2.45) is 5.92 Å². The van der Waals surface area contributed by atoms with Crippen LogP contribution in [0.5, 0.6) is 0 Å². The predicted molar refractivity (Wildman–Crippen MR) is 107 cm³/mol. The number of amides is 2. The van der Waals surface area contributed by atoms with Crippen molar-refractivity contribution in [3.05, 3.63) is 35.4 Å². The molecule has 1 heterocycles. The number of carbonyl (C=O) groups is 2. The second-order valence-corrected chi connectivity index (χ2v) is 8.26. The van der Waals surface area contributed by atoms with E-state index >= 15 is 0 Å². The van der Waals surface area contributed by atoms with Gasteiger partial charge in [-0.1, -0.05) is 49.6 Å². The molecule has 0 bridgehead atoms. The van der Waals surface area contributed by atoms with Crippen LogP contribution in [0.25, 0.3) is 0 Å². The highest BCUT2D eigenvalue weighted by molar-refractivity contribution is 5.79. The third-order valence-corrected chi connectivity index (χ3v) is 6.03. The molecule has 0 aromatic heterocycles. The van der Waals surface area contributed by atoms with Crippen LogP contribution < -0.4 is 5.32 Å². The topological polar surface area (TPSA) is 52.7 Å². The summed E-state index contributed by atoms with van der Waals surface area (Å²) in [5, 5.41) is 3.23. The van der Waals surface area contributed by atoms with Gasteiger partial charge in [-0.3, -0.25) is 14.5 Å². The average molecular weight is 372 g/mol. The largest absolute Gasteiger partial charge is 0.352 e. The van der Waals surface area contributed by atoms with Crippen LogP contribution in [0.4, 0.5) is 0 Å². The highest BCUT2D eigenvalue weighted by Crippen LogP contribution is 2.23. The smallest absolute Gasteiger partial charge is 0.234 e. The fourth-order valence-corrected chi connectivity index (χ4v) is 4.13. The van der Waals surface area contributed by atoms with Gasteiger partial charge in [0.25, 0.3) is 0 Å². The summed E-state index contributed by atoms with van der Waals surface area (Å²) in [6, 6.07) is 8.49. The van der Waals surface area contributed by atoms with E-state index in [9.17, 15) is 9.59 Å². The zero-order chi connectivity index (χ0) is 19.2. The van der Waals surface area contributed by atoms with E-state index in [1.807, 2.05) is 29.2 Å². The standard InChI is InChI=1S/C22H33N3O2/c1-17-7-9-19(10-8-17)15-22(27)25-13-11-24(12-14-25)16-21(26)23-20-6-4-3-5-18(20)2/h7-10,18,20H,3-6,11-16H2,1-2H3,(H,23,26). The van der Waals surface area contributed by atoms with E-state index < -0.39 is 0 Å². The molecular formula is C22H33N3O2. The van der Waals surface area contributed by atoms with Crippen molar-refractivity contribution in [3.63, 3.8) is 0 Å². The van der Waals surface area contributed by atoms with Crippen LogP contribution in [0.2, 0.25) is 0 Å². The van der Waals surface area contributed by atoms with Gasteiger partial charge in [0.1, 0.15) is 0 Å². The number of hydrogen-bond acceptors (Lipinski definition) is 3. The molecule has 1 aromatic rings. The molecule has 2 atom stereocenters. The van der Waals surface area contributed by atoms with Crippen LogP contribution in [-0.2, 0) is 16.0 Å². The third kappa shape index (κ3) is 5.80. The molecule has 1 saturated heterocycles. The molecular weight excluding hydrogens is 338 g/mol. The van der Waals surface area contributed by atoms with Gasteiger partial charge >= 0.3 is 0 Å². The van der Waals surface area contributed by atoms with E-state index in [4.69, 9.17) is 0 Å². The van der Waals surface area contributed by atoms with Crippen molar-refractivity contribution in [1.29, 1.82) is 0 Å². The Hall–Kier alpha value is -1.88. The van der Waals surface area contributed by atoms with Crippen LogP contribution in [-0.4, -0.2) is 60.4 Å². The number of rotatable bonds is 5. The number of aryl methyl sites for hydroxylation is 1. The zero-order valence-electron chi connectivity index (χ0n) is 16.7. The number of piperazine rings is 1. The number of nitrogens with one attached hydrogen (secondary N) is 1. The summed E-state index contributed by atoms with van der Waals surface area (Å²) < 4.78 is 0. The normalized spacial score (nSPS) is 23.9. The molecule has 2 unspecified atom stereocenters. The van der Waals surface area contributed by atoms with Gasteiger partial charge < -0.3 is 10.2 Å². The maximum atomic E-state index is 12.5. The monoisotopic (exact) mass is 371 g/mol. The first kappa shape index (κ1) is 19.9. The van der Waals surface area contributed by atoms with Crippen LogP contribution in [0.3, 0.4) is 0 Å². The molecule has 2 fully saturated rings. The minimum absolute atomic E-state index is 0.133. The summed E-state index contributed by atoms with van der Waals surface area (Å²) in [5.41, 5.74) is 2.27. The number of nitrogens with zero attached hydrogens (tertiary/aromatic N) is 2. The highest BCUT2D eigenvalue weighted by atomic mass is 16.2. The highest BCUT2D eigenvalue weighted by Gasteiger charge is 2.25. The zero-order valence-corrected chi connectivity index (χ0v) is 16.7.